The van der Waals surface area contributed by atoms with E-state index in [-0.39, 0.29) is 11.8 Å². The van der Waals surface area contributed by atoms with Gasteiger partial charge in [-0.15, -0.1) is 0 Å². The van der Waals surface area contributed by atoms with Crippen molar-refractivity contribution in [2.75, 3.05) is 18.8 Å². The van der Waals surface area contributed by atoms with E-state index in [1.54, 1.807) is 12.3 Å². The molecule has 4 rings (SSSR count). The number of benzene rings is 1. The molecule has 1 aliphatic heterocycles. The summed E-state index contributed by atoms with van der Waals surface area (Å²) in [5.74, 6) is 0.615. The van der Waals surface area contributed by atoms with Crippen molar-refractivity contribution in [1.82, 2.24) is 15.0 Å². The molecule has 2 aromatic heterocycles. The fraction of sp³-hybridized carbons (Fsp3) is 0.278. The van der Waals surface area contributed by atoms with Crippen molar-refractivity contribution < 1.29 is 9.32 Å². The molecule has 2 N–H and O–H groups in total. The van der Waals surface area contributed by atoms with E-state index < -0.39 is 0 Å². The van der Waals surface area contributed by atoms with Crippen molar-refractivity contribution in [2.24, 2.45) is 0 Å². The molecule has 1 aliphatic rings. The molecule has 0 saturated carbocycles. The average Bonchev–Trinajstić information content (AvgIpc) is 3.07. The highest BCUT2D eigenvalue weighted by molar-refractivity contribution is 6.05. The maximum absolute atomic E-state index is 12.9. The molecule has 0 bridgehead atoms. The lowest BCUT2D eigenvalue weighted by molar-refractivity contribution is 0.0708. The quantitative estimate of drug-likeness (QED) is 0.784. The van der Waals surface area contributed by atoms with E-state index in [2.05, 4.69) is 10.1 Å². The standard InChI is InChI=1S/C18H18N4O2/c19-16-11-15(21-24-16)13-6-9-22(10-7-13)18(23)17-14-4-2-1-3-12(14)5-8-20-17/h1-5,8,11,13H,6-7,9-10,19H2. The first kappa shape index (κ1) is 14.7. The number of nitrogens with two attached hydrogens (primary N) is 1. The van der Waals surface area contributed by atoms with E-state index in [4.69, 9.17) is 10.3 Å². The van der Waals surface area contributed by atoms with Gasteiger partial charge >= 0.3 is 0 Å². The fourth-order valence-electron chi connectivity index (χ4n) is 3.31. The Morgan fingerprint density at radius 2 is 2.00 bits per heavy atom. The summed E-state index contributed by atoms with van der Waals surface area (Å²) in [4.78, 5) is 19.1. The van der Waals surface area contributed by atoms with Crippen LogP contribution in [-0.2, 0) is 0 Å². The second-order valence-electron chi connectivity index (χ2n) is 6.10. The van der Waals surface area contributed by atoms with Crippen molar-refractivity contribution in [3.63, 3.8) is 0 Å². The second kappa shape index (κ2) is 5.96. The number of rotatable bonds is 2. The van der Waals surface area contributed by atoms with Gasteiger partial charge in [0.2, 0.25) is 5.88 Å². The molecule has 1 saturated heterocycles. The molecule has 6 heteroatoms. The third-order valence-electron chi connectivity index (χ3n) is 4.62. The van der Waals surface area contributed by atoms with Gasteiger partial charge in [-0.2, -0.15) is 0 Å². The molecule has 24 heavy (non-hydrogen) atoms. The molecular weight excluding hydrogens is 304 g/mol. The summed E-state index contributed by atoms with van der Waals surface area (Å²) in [6, 6.07) is 11.5. The number of hydrogen-bond donors (Lipinski definition) is 1. The number of hydrogen-bond acceptors (Lipinski definition) is 5. The fourth-order valence-corrected chi connectivity index (χ4v) is 3.31. The van der Waals surface area contributed by atoms with Crippen molar-refractivity contribution in [3.05, 3.63) is 54.0 Å². The number of fused-ring (bicyclic) bond motifs is 1. The first-order chi connectivity index (χ1) is 11.7. The van der Waals surface area contributed by atoms with E-state index in [0.29, 0.717) is 24.7 Å². The van der Waals surface area contributed by atoms with Crippen LogP contribution in [0.25, 0.3) is 10.8 Å². The number of amides is 1. The smallest absolute Gasteiger partial charge is 0.273 e. The number of nitrogen functional groups attached to an aromatic ring is 1. The van der Waals surface area contributed by atoms with E-state index in [1.807, 2.05) is 35.2 Å². The third kappa shape index (κ3) is 2.60. The van der Waals surface area contributed by atoms with Crippen molar-refractivity contribution >= 4 is 22.6 Å². The highest BCUT2D eigenvalue weighted by atomic mass is 16.5. The van der Waals surface area contributed by atoms with Crippen LogP contribution >= 0.6 is 0 Å². The topological polar surface area (TPSA) is 85.2 Å². The minimum absolute atomic E-state index is 0.00934. The monoisotopic (exact) mass is 322 g/mol. The third-order valence-corrected chi connectivity index (χ3v) is 4.62. The first-order valence-corrected chi connectivity index (χ1v) is 8.07. The molecular formula is C18H18N4O2. The number of carbonyl (C=O) groups is 1. The molecule has 1 aromatic carbocycles. The zero-order valence-electron chi connectivity index (χ0n) is 13.2. The van der Waals surface area contributed by atoms with Crippen LogP contribution in [0.15, 0.2) is 47.1 Å². The molecule has 3 heterocycles. The number of likely N-dealkylation sites (tertiary alicyclic amines) is 1. The number of anilines is 1. The van der Waals surface area contributed by atoms with Gasteiger partial charge in [-0.25, -0.2) is 0 Å². The van der Waals surface area contributed by atoms with Crippen LogP contribution in [0.1, 0.15) is 34.9 Å². The van der Waals surface area contributed by atoms with Gasteiger partial charge < -0.3 is 15.2 Å². The highest BCUT2D eigenvalue weighted by Crippen LogP contribution is 2.29. The number of carbonyl (C=O) groups excluding carboxylic acids is 1. The molecule has 6 nitrogen and oxygen atoms in total. The Morgan fingerprint density at radius 1 is 1.21 bits per heavy atom. The maximum Gasteiger partial charge on any atom is 0.273 e. The number of nitrogens with zero attached hydrogens (tertiary/aromatic N) is 3. The van der Waals surface area contributed by atoms with Crippen LogP contribution in [0.2, 0.25) is 0 Å². The summed E-state index contributed by atoms with van der Waals surface area (Å²) in [6.45, 7) is 1.36. The molecule has 0 radical (unpaired) electrons. The van der Waals surface area contributed by atoms with Gasteiger partial charge in [-0.3, -0.25) is 9.78 Å². The number of aromatic nitrogens is 2. The van der Waals surface area contributed by atoms with Gasteiger partial charge in [0.1, 0.15) is 5.69 Å². The predicted molar refractivity (Wildman–Crippen MR) is 90.5 cm³/mol. The molecule has 3 aromatic rings. The van der Waals surface area contributed by atoms with Crippen LogP contribution in [0.4, 0.5) is 5.88 Å². The summed E-state index contributed by atoms with van der Waals surface area (Å²) >= 11 is 0. The Balaban J connectivity index is 1.52. The Morgan fingerprint density at radius 3 is 2.75 bits per heavy atom. The first-order valence-electron chi connectivity index (χ1n) is 8.07. The number of pyridine rings is 1. The van der Waals surface area contributed by atoms with Crippen LogP contribution in [0.3, 0.4) is 0 Å². The highest BCUT2D eigenvalue weighted by Gasteiger charge is 2.27. The maximum atomic E-state index is 12.9. The minimum atomic E-state index is -0.00934. The van der Waals surface area contributed by atoms with Gasteiger partial charge in [0.25, 0.3) is 5.91 Å². The van der Waals surface area contributed by atoms with Crippen LogP contribution in [-0.4, -0.2) is 34.0 Å². The molecule has 1 fully saturated rings. The normalized spacial score (nSPS) is 15.8. The minimum Gasteiger partial charge on any atom is -0.368 e. The van der Waals surface area contributed by atoms with E-state index in [1.165, 1.54) is 0 Å². The van der Waals surface area contributed by atoms with E-state index in [0.717, 1.165) is 29.3 Å². The second-order valence-corrected chi connectivity index (χ2v) is 6.10. The lowest BCUT2D eigenvalue weighted by Crippen LogP contribution is -2.38. The Bertz CT molecular complexity index is 876. The Labute approximate surface area is 139 Å². The largest absolute Gasteiger partial charge is 0.368 e. The molecule has 0 unspecified atom stereocenters. The lowest BCUT2D eigenvalue weighted by atomic mass is 9.93. The van der Waals surface area contributed by atoms with Gasteiger partial charge in [-0.1, -0.05) is 29.4 Å². The van der Waals surface area contributed by atoms with Gasteiger partial charge in [0, 0.05) is 36.7 Å². The summed E-state index contributed by atoms with van der Waals surface area (Å²) in [6.07, 6.45) is 3.39. The van der Waals surface area contributed by atoms with Crippen LogP contribution in [0, 0.1) is 0 Å². The lowest BCUT2D eigenvalue weighted by Gasteiger charge is -2.31. The van der Waals surface area contributed by atoms with Gasteiger partial charge in [0.15, 0.2) is 0 Å². The Hall–Kier alpha value is -2.89. The molecule has 0 spiro atoms. The number of piperidine rings is 1. The summed E-state index contributed by atoms with van der Waals surface area (Å²) in [5.41, 5.74) is 6.99. The molecule has 0 aliphatic carbocycles. The van der Waals surface area contributed by atoms with E-state index >= 15 is 0 Å². The van der Waals surface area contributed by atoms with Crippen LogP contribution in [0.5, 0.6) is 0 Å². The predicted octanol–water partition coefficient (Wildman–Crippen LogP) is 2.82. The average molecular weight is 322 g/mol. The van der Waals surface area contributed by atoms with Crippen LogP contribution < -0.4 is 5.73 Å². The molecule has 122 valence electrons. The Kier molecular flexibility index (Phi) is 3.65. The summed E-state index contributed by atoms with van der Waals surface area (Å²) < 4.78 is 4.95. The van der Waals surface area contributed by atoms with Crippen molar-refractivity contribution in [2.45, 2.75) is 18.8 Å². The SMILES string of the molecule is Nc1cc(C2CCN(C(=O)c3nccc4ccccc34)CC2)no1. The zero-order valence-corrected chi connectivity index (χ0v) is 13.2. The summed E-state index contributed by atoms with van der Waals surface area (Å²) in [7, 11) is 0. The van der Waals surface area contributed by atoms with E-state index in [9.17, 15) is 4.79 Å². The van der Waals surface area contributed by atoms with Crippen molar-refractivity contribution in [3.8, 4) is 0 Å². The zero-order chi connectivity index (χ0) is 16.5. The summed E-state index contributed by atoms with van der Waals surface area (Å²) in [5, 5.41) is 5.92. The molecule has 0 atom stereocenters. The van der Waals surface area contributed by atoms with Gasteiger partial charge in [-0.05, 0) is 24.3 Å². The molecule has 1 amide bonds. The van der Waals surface area contributed by atoms with Crippen molar-refractivity contribution in [1.29, 1.82) is 0 Å². The van der Waals surface area contributed by atoms with Gasteiger partial charge in [0.05, 0.1) is 5.69 Å².